The van der Waals surface area contributed by atoms with E-state index < -0.39 is 27.1 Å². The monoisotopic (exact) mass is 325 g/mol. The molecule has 0 aliphatic heterocycles. The van der Waals surface area contributed by atoms with Crippen LogP contribution in [0.25, 0.3) is 0 Å². The maximum absolute atomic E-state index is 12.1. The highest BCUT2D eigenvalue weighted by Crippen LogP contribution is 2.42. The fourth-order valence-electron chi connectivity index (χ4n) is 2.38. The Morgan fingerprint density at radius 1 is 1.23 bits per heavy atom. The topological polar surface area (TPSA) is 101 Å². The van der Waals surface area contributed by atoms with E-state index in [0.717, 1.165) is 12.0 Å². The van der Waals surface area contributed by atoms with Crippen molar-refractivity contribution >= 4 is 27.4 Å². The molecule has 0 aromatic heterocycles. The number of hydrogen-bond acceptors (Lipinski definition) is 4. The maximum Gasteiger partial charge on any atom is 0.319 e. The van der Waals surface area contributed by atoms with Gasteiger partial charge in [-0.25, -0.2) is 8.42 Å². The molecule has 0 spiro atoms. The summed E-state index contributed by atoms with van der Waals surface area (Å²) in [5.41, 5.74) is 0.0650. The van der Waals surface area contributed by atoms with E-state index in [9.17, 15) is 23.1 Å². The van der Waals surface area contributed by atoms with Crippen molar-refractivity contribution in [3.05, 3.63) is 29.8 Å². The molecule has 2 N–H and O–H groups in total. The minimum atomic E-state index is -3.01. The third kappa shape index (κ3) is 3.65. The van der Waals surface area contributed by atoms with Crippen LogP contribution in [0.3, 0.4) is 0 Å². The number of carboxylic acid groups (broad SMARTS) is 1. The van der Waals surface area contributed by atoms with Crippen molar-refractivity contribution in [3.8, 4) is 0 Å². The quantitative estimate of drug-likeness (QED) is 0.771. The van der Waals surface area contributed by atoms with Crippen LogP contribution in [-0.4, -0.2) is 37.4 Å². The van der Waals surface area contributed by atoms with Gasteiger partial charge in [-0.15, -0.1) is 0 Å². The lowest BCUT2D eigenvalue weighted by Crippen LogP contribution is -2.48. The summed E-state index contributed by atoms with van der Waals surface area (Å²) in [6, 6.07) is 6.78. The van der Waals surface area contributed by atoms with E-state index in [1.54, 1.807) is 24.3 Å². The number of sulfone groups is 1. The van der Waals surface area contributed by atoms with Gasteiger partial charge in [0.25, 0.3) is 0 Å². The van der Waals surface area contributed by atoms with Gasteiger partial charge in [0.05, 0.1) is 5.75 Å². The van der Waals surface area contributed by atoms with Gasteiger partial charge < -0.3 is 10.4 Å². The van der Waals surface area contributed by atoms with Crippen LogP contribution >= 0.6 is 0 Å². The lowest BCUT2D eigenvalue weighted by Gasteiger charge is -2.35. The summed E-state index contributed by atoms with van der Waals surface area (Å²) in [4.78, 5) is 23.4. The van der Waals surface area contributed by atoms with Crippen LogP contribution in [0.1, 0.15) is 24.8 Å². The third-order valence-corrected chi connectivity index (χ3v) is 4.97. The molecule has 22 heavy (non-hydrogen) atoms. The lowest BCUT2D eigenvalue weighted by atomic mass is 9.68. The number of carbonyl (C=O) groups excluding carboxylic acids is 1. The summed E-state index contributed by atoms with van der Waals surface area (Å²) in [7, 11) is -3.01. The Morgan fingerprint density at radius 3 is 2.23 bits per heavy atom. The Labute approximate surface area is 129 Å². The predicted octanol–water partition coefficient (Wildman–Crippen LogP) is 1.47. The largest absolute Gasteiger partial charge is 0.480 e. The Bertz CT molecular complexity index is 674. The number of nitrogens with one attached hydrogen (secondary N) is 1. The number of anilines is 1. The minimum Gasteiger partial charge on any atom is -0.480 e. The van der Waals surface area contributed by atoms with Crippen molar-refractivity contribution in [2.45, 2.75) is 25.7 Å². The average Bonchev–Trinajstić information content (AvgIpc) is 2.35. The fraction of sp³-hybridized carbons (Fsp3) is 0.467. The lowest BCUT2D eigenvalue weighted by molar-refractivity contribution is -0.159. The van der Waals surface area contributed by atoms with Gasteiger partial charge in [-0.05, 0) is 37.0 Å². The molecule has 1 saturated carbocycles. The van der Waals surface area contributed by atoms with E-state index in [2.05, 4.69) is 5.32 Å². The molecule has 0 saturated heterocycles. The number of aliphatic carboxylic acids is 1. The van der Waals surface area contributed by atoms with Crippen LogP contribution in [0.4, 0.5) is 5.69 Å². The molecule has 2 rings (SSSR count). The second kappa shape index (κ2) is 6.08. The summed E-state index contributed by atoms with van der Waals surface area (Å²) >= 11 is 0. The summed E-state index contributed by atoms with van der Waals surface area (Å²) in [5.74, 6) is -1.50. The molecule has 1 amide bonds. The number of rotatable bonds is 6. The normalized spacial score (nSPS) is 16.6. The van der Waals surface area contributed by atoms with Crippen LogP contribution in [0, 0.1) is 5.41 Å². The van der Waals surface area contributed by atoms with E-state index in [1.807, 2.05) is 0 Å². The predicted molar refractivity (Wildman–Crippen MR) is 82.4 cm³/mol. The number of hydrogen-bond donors (Lipinski definition) is 2. The van der Waals surface area contributed by atoms with Crippen molar-refractivity contribution in [2.24, 2.45) is 5.41 Å². The second-order valence-electron chi connectivity index (χ2n) is 5.77. The van der Waals surface area contributed by atoms with Crippen LogP contribution in [-0.2, 0) is 25.8 Å². The van der Waals surface area contributed by atoms with E-state index >= 15 is 0 Å². The van der Waals surface area contributed by atoms with Gasteiger partial charge in [0.1, 0.15) is 15.3 Å². The highest BCUT2D eigenvalue weighted by molar-refractivity contribution is 7.90. The molecule has 0 heterocycles. The first-order valence-corrected chi connectivity index (χ1v) is 9.10. The first kappa shape index (κ1) is 16.5. The standard InChI is InChI=1S/C15H19NO5S/c1-22(20,21)10-7-11-3-5-12(6-4-11)16-13(17)15(14(18)19)8-2-9-15/h3-6H,2,7-10H2,1H3,(H,16,17)(H,18,19). The van der Waals surface area contributed by atoms with Crippen molar-refractivity contribution in [1.29, 1.82) is 0 Å². The summed E-state index contributed by atoms with van der Waals surface area (Å²) in [6.45, 7) is 0. The highest BCUT2D eigenvalue weighted by atomic mass is 32.2. The van der Waals surface area contributed by atoms with Crippen molar-refractivity contribution in [1.82, 2.24) is 0 Å². The number of benzene rings is 1. The van der Waals surface area contributed by atoms with E-state index in [0.29, 0.717) is 24.9 Å². The Hall–Kier alpha value is -1.89. The van der Waals surface area contributed by atoms with Crippen molar-refractivity contribution in [3.63, 3.8) is 0 Å². The zero-order chi connectivity index (χ0) is 16.4. The Balaban J connectivity index is 1.99. The van der Waals surface area contributed by atoms with Crippen molar-refractivity contribution < 1.29 is 23.1 Å². The zero-order valence-electron chi connectivity index (χ0n) is 12.3. The molecule has 1 aliphatic carbocycles. The van der Waals surface area contributed by atoms with Gasteiger partial charge in [0.15, 0.2) is 0 Å². The number of carboxylic acids is 1. The second-order valence-corrected chi connectivity index (χ2v) is 8.03. The molecule has 120 valence electrons. The van der Waals surface area contributed by atoms with Gasteiger partial charge >= 0.3 is 5.97 Å². The molecule has 0 bridgehead atoms. The van der Waals surface area contributed by atoms with Crippen LogP contribution < -0.4 is 5.32 Å². The number of amides is 1. The van der Waals surface area contributed by atoms with E-state index in [1.165, 1.54) is 6.26 Å². The van der Waals surface area contributed by atoms with E-state index in [4.69, 9.17) is 0 Å². The van der Waals surface area contributed by atoms with Crippen molar-refractivity contribution in [2.75, 3.05) is 17.3 Å². The summed E-state index contributed by atoms with van der Waals surface area (Å²) < 4.78 is 22.2. The molecular formula is C15H19NO5S. The van der Waals surface area contributed by atoms with Crippen LogP contribution in [0.5, 0.6) is 0 Å². The first-order valence-electron chi connectivity index (χ1n) is 7.04. The molecule has 0 radical (unpaired) electrons. The van der Waals surface area contributed by atoms with Gasteiger partial charge in [0, 0.05) is 11.9 Å². The molecule has 1 aromatic rings. The van der Waals surface area contributed by atoms with Gasteiger partial charge in [-0.1, -0.05) is 18.6 Å². The molecule has 6 nitrogen and oxygen atoms in total. The Morgan fingerprint density at radius 2 is 1.82 bits per heavy atom. The van der Waals surface area contributed by atoms with Crippen LogP contribution in [0.15, 0.2) is 24.3 Å². The Kier molecular flexibility index (Phi) is 4.55. The number of carbonyl (C=O) groups is 2. The fourth-order valence-corrected chi connectivity index (χ4v) is 2.98. The highest BCUT2D eigenvalue weighted by Gasteiger charge is 2.51. The third-order valence-electron chi connectivity index (χ3n) is 4.02. The molecule has 7 heteroatoms. The van der Waals surface area contributed by atoms with Gasteiger partial charge in [0.2, 0.25) is 5.91 Å². The first-order chi connectivity index (χ1) is 10.2. The van der Waals surface area contributed by atoms with E-state index in [-0.39, 0.29) is 5.75 Å². The smallest absolute Gasteiger partial charge is 0.319 e. The zero-order valence-corrected chi connectivity index (χ0v) is 13.1. The molecular weight excluding hydrogens is 306 g/mol. The van der Waals surface area contributed by atoms with Gasteiger partial charge in [-0.3, -0.25) is 9.59 Å². The molecule has 1 aromatic carbocycles. The molecule has 1 aliphatic rings. The summed E-state index contributed by atoms with van der Waals surface area (Å²) in [6.07, 6.45) is 3.06. The molecule has 1 fully saturated rings. The average molecular weight is 325 g/mol. The summed E-state index contributed by atoms with van der Waals surface area (Å²) in [5, 5.41) is 11.8. The SMILES string of the molecule is CS(=O)(=O)CCc1ccc(NC(=O)C2(C(=O)O)CCC2)cc1. The molecule has 0 atom stereocenters. The minimum absolute atomic E-state index is 0.0703. The maximum atomic E-state index is 12.1. The van der Waals surface area contributed by atoms with Gasteiger partial charge in [-0.2, -0.15) is 0 Å². The number of aryl methyl sites for hydroxylation is 1. The molecule has 0 unspecified atom stereocenters. The van der Waals surface area contributed by atoms with Crippen LogP contribution in [0.2, 0.25) is 0 Å².